The maximum Gasteiger partial charge on any atom is 0.425 e. The van der Waals surface area contributed by atoms with Crippen molar-refractivity contribution in [2.45, 2.75) is 33.1 Å². The highest BCUT2D eigenvalue weighted by atomic mass is 35.5. The van der Waals surface area contributed by atoms with E-state index in [1.165, 1.54) is 12.3 Å². The lowest BCUT2D eigenvalue weighted by Gasteiger charge is -2.20. The Labute approximate surface area is 184 Å². The van der Waals surface area contributed by atoms with Crippen molar-refractivity contribution in [1.82, 2.24) is 15.2 Å². The average molecular weight is 472 g/mol. The van der Waals surface area contributed by atoms with Gasteiger partial charge in [-0.05, 0) is 44.5 Å². The fourth-order valence-electron chi connectivity index (χ4n) is 2.69. The molecule has 7 nitrogen and oxygen atoms in total. The van der Waals surface area contributed by atoms with Crippen LogP contribution in [0.2, 0.25) is 5.15 Å². The summed E-state index contributed by atoms with van der Waals surface area (Å²) in [7, 11) is 0. The molecular formula is C20H18ClF4N5O2. The van der Waals surface area contributed by atoms with Crippen LogP contribution in [0.1, 0.15) is 28.5 Å². The molecule has 1 unspecified atom stereocenters. The number of nitrogens with one attached hydrogen (secondary N) is 2. The Morgan fingerprint density at radius 2 is 1.97 bits per heavy atom. The molecular weight excluding hydrogens is 454 g/mol. The normalized spacial score (nSPS) is 12.5. The van der Waals surface area contributed by atoms with Crippen LogP contribution in [0.4, 0.5) is 28.9 Å². The molecule has 4 N–H and O–H groups in total. The number of carbonyl (C=O) groups is 1. The number of alkyl halides is 3. The van der Waals surface area contributed by atoms with Gasteiger partial charge in [0.2, 0.25) is 0 Å². The number of pyridine rings is 1. The number of hydrogen-bond acceptors (Lipinski definition) is 5. The summed E-state index contributed by atoms with van der Waals surface area (Å²) in [5, 5.41) is 8.58. The molecule has 12 heteroatoms. The van der Waals surface area contributed by atoms with Gasteiger partial charge in [0.15, 0.2) is 11.3 Å². The second-order valence-electron chi connectivity index (χ2n) is 7.02. The van der Waals surface area contributed by atoms with Gasteiger partial charge in [-0.2, -0.15) is 18.3 Å². The third kappa shape index (κ3) is 4.77. The average Bonchev–Trinajstić information content (AvgIpc) is 3.02. The first kappa shape index (κ1) is 23.3. The van der Waals surface area contributed by atoms with Crippen LogP contribution in [0.25, 0.3) is 11.3 Å². The van der Waals surface area contributed by atoms with E-state index in [1.807, 2.05) is 0 Å². The van der Waals surface area contributed by atoms with Gasteiger partial charge in [0.1, 0.15) is 17.3 Å². The van der Waals surface area contributed by atoms with E-state index in [9.17, 15) is 22.4 Å². The molecule has 0 fully saturated rings. The Kier molecular flexibility index (Phi) is 6.31. The Hall–Kier alpha value is -3.34. The fraction of sp³-hybridized carbons (Fsp3) is 0.250. The maximum atomic E-state index is 14.9. The molecule has 2 aromatic heterocycles. The highest BCUT2D eigenvalue weighted by molar-refractivity contribution is 6.33. The van der Waals surface area contributed by atoms with Crippen molar-refractivity contribution in [3.05, 3.63) is 52.2 Å². The van der Waals surface area contributed by atoms with Crippen molar-refractivity contribution in [2.24, 2.45) is 0 Å². The first-order valence-corrected chi connectivity index (χ1v) is 9.57. The third-order valence-corrected chi connectivity index (χ3v) is 4.91. The van der Waals surface area contributed by atoms with Gasteiger partial charge in [0.25, 0.3) is 5.91 Å². The number of hydrogen-bond donors (Lipinski definition) is 3. The van der Waals surface area contributed by atoms with Crippen molar-refractivity contribution >= 4 is 28.9 Å². The number of aryl methyl sites for hydroxylation is 2. The van der Waals surface area contributed by atoms with Gasteiger partial charge >= 0.3 is 6.18 Å². The van der Waals surface area contributed by atoms with Crippen LogP contribution in [0, 0.1) is 19.7 Å². The number of benzene rings is 1. The Bertz CT molecular complexity index is 1160. The predicted octanol–water partition coefficient (Wildman–Crippen LogP) is 5.05. The molecule has 3 aromatic rings. The Morgan fingerprint density at radius 3 is 2.53 bits per heavy atom. The highest BCUT2D eigenvalue weighted by Gasteiger charge is 2.39. The molecule has 32 heavy (non-hydrogen) atoms. The number of nitrogens with zero attached hydrogens (tertiary/aromatic N) is 2. The van der Waals surface area contributed by atoms with Crippen LogP contribution >= 0.6 is 11.6 Å². The number of ether oxygens (including phenoxy) is 1. The number of aromatic amines is 1. The molecule has 0 saturated heterocycles. The molecule has 0 radical (unpaired) electrons. The summed E-state index contributed by atoms with van der Waals surface area (Å²) in [5.74, 6) is -2.35. The SMILES string of the molecule is Cc1cnc(-c2cc(OC(C)C(F)(F)F)c(C(=O)Nc3c(Cl)n[nH]c3C)cc2F)cc1N. The zero-order chi connectivity index (χ0) is 23.8. The second-order valence-corrected chi connectivity index (χ2v) is 7.38. The maximum absolute atomic E-state index is 14.9. The number of H-pyrrole nitrogens is 1. The standard InChI is InChI=1S/C20H18ClF4N5O2/c1-8-7-27-15(6-14(8)26)11-5-16(32-10(3)20(23,24)25)12(4-13(11)22)19(31)28-17-9(2)29-30-18(17)21/h4-7,10H,1-3H3,(H2,26,27)(H,28,31)(H,29,30). The van der Waals surface area contributed by atoms with E-state index < -0.39 is 35.3 Å². The van der Waals surface area contributed by atoms with Crippen molar-refractivity contribution in [2.75, 3.05) is 11.1 Å². The number of halogens is 5. The smallest absolute Gasteiger partial charge is 0.425 e. The summed E-state index contributed by atoms with van der Waals surface area (Å²) in [4.78, 5) is 16.9. The van der Waals surface area contributed by atoms with Gasteiger partial charge in [-0.3, -0.25) is 14.9 Å². The number of anilines is 2. The number of nitrogens with two attached hydrogens (primary N) is 1. The minimum Gasteiger partial charge on any atom is -0.480 e. The lowest BCUT2D eigenvalue weighted by atomic mass is 10.0. The summed E-state index contributed by atoms with van der Waals surface area (Å²) >= 11 is 5.89. The molecule has 0 bridgehead atoms. The van der Waals surface area contributed by atoms with Gasteiger partial charge in [0, 0.05) is 17.4 Å². The number of rotatable bonds is 5. The molecule has 0 saturated carbocycles. The first-order valence-electron chi connectivity index (χ1n) is 9.19. The number of nitrogen functional groups attached to an aromatic ring is 1. The van der Waals surface area contributed by atoms with Crippen LogP contribution in [0.15, 0.2) is 24.4 Å². The summed E-state index contributed by atoms with van der Waals surface area (Å²) in [6.07, 6.45) is -5.60. The molecule has 0 spiro atoms. The van der Waals surface area contributed by atoms with Crippen LogP contribution < -0.4 is 15.8 Å². The fourth-order valence-corrected chi connectivity index (χ4v) is 2.93. The summed E-state index contributed by atoms with van der Waals surface area (Å²) in [6.45, 7) is 4.02. The zero-order valence-corrected chi connectivity index (χ0v) is 17.8. The summed E-state index contributed by atoms with van der Waals surface area (Å²) in [6, 6.07) is 3.12. The molecule has 1 aromatic carbocycles. The number of carbonyl (C=O) groups excluding carboxylic acids is 1. The van der Waals surface area contributed by atoms with E-state index in [1.54, 1.807) is 13.8 Å². The van der Waals surface area contributed by atoms with Crippen LogP contribution in [0.3, 0.4) is 0 Å². The Morgan fingerprint density at radius 1 is 1.28 bits per heavy atom. The van der Waals surface area contributed by atoms with Gasteiger partial charge in [0.05, 0.1) is 17.0 Å². The lowest BCUT2D eigenvalue weighted by Crippen LogP contribution is -2.32. The van der Waals surface area contributed by atoms with Gasteiger partial charge in [-0.25, -0.2) is 4.39 Å². The molecule has 0 aliphatic heterocycles. The largest absolute Gasteiger partial charge is 0.480 e. The van der Waals surface area contributed by atoms with Gasteiger partial charge < -0.3 is 15.8 Å². The molecule has 0 aliphatic rings. The van der Waals surface area contributed by atoms with Crippen molar-refractivity contribution in [3.63, 3.8) is 0 Å². The molecule has 3 rings (SSSR count). The highest BCUT2D eigenvalue weighted by Crippen LogP contribution is 2.34. The summed E-state index contributed by atoms with van der Waals surface area (Å²) in [5.41, 5.74) is 6.69. The minimum absolute atomic E-state index is 0.0655. The van der Waals surface area contributed by atoms with Crippen LogP contribution in [0.5, 0.6) is 5.75 Å². The van der Waals surface area contributed by atoms with Crippen LogP contribution in [-0.2, 0) is 0 Å². The summed E-state index contributed by atoms with van der Waals surface area (Å²) < 4.78 is 59.3. The Balaban J connectivity index is 2.09. The van der Waals surface area contributed by atoms with Gasteiger partial charge in [-0.15, -0.1) is 0 Å². The van der Waals surface area contributed by atoms with E-state index in [0.29, 0.717) is 16.9 Å². The molecule has 2 heterocycles. The number of aromatic nitrogens is 3. The van der Waals surface area contributed by atoms with Gasteiger partial charge in [-0.1, -0.05) is 11.6 Å². The topological polar surface area (TPSA) is 106 Å². The molecule has 1 amide bonds. The quantitative estimate of drug-likeness (QED) is 0.452. The molecule has 1 atom stereocenters. The van der Waals surface area contributed by atoms with E-state index in [-0.39, 0.29) is 22.1 Å². The van der Waals surface area contributed by atoms with E-state index in [0.717, 1.165) is 19.1 Å². The molecule has 0 aliphatic carbocycles. The predicted molar refractivity (Wildman–Crippen MR) is 111 cm³/mol. The first-order chi connectivity index (χ1) is 14.9. The monoisotopic (exact) mass is 471 g/mol. The third-order valence-electron chi connectivity index (χ3n) is 4.64. The lowest BCUT2D eigenvalue weighted by molar-refractivity contribution is -0.189. The number of amides is 1. The van der Waals surface area contributed by atoms with Crippen molar-refractivity contribution < 1.29 is 27.1 Å². The van der Waals surface area contributed by atoms with Crippen LogP contribution in [-0.4, -0.2) is 33.4 Å². The zero-order valence-electron chi connectivity index (χ0n) is 17.1. The second kappa shape index (κ2) is 8.65. The van der Waals surface area contributed by atoms with Crippen molar-refractivity contribution in [1.29, 1.82) is 0 Å². The molecule has 170 valence electrons. The van der Waals surface area contributed by atoms with E-state index >= 15 is 0 Å². The minimum atomic E-state index is -4.72. The van der Waals surface area contributed by atoms with E-state index in [2.05, 4.69) is 20.5 Å². The van der Waals surface area contributed by atoms with E-state index in [4.69, 9.17) is 22.1 Å². The van der Waals surface area contributed by atoms with Crippen molar-refractivity contribution in [3.8, 4) is 17.0 Å².